The van der Waals surface area contributed by atoms with Gasteiger partial charge < -0.3 is 10.7 Å². The molecule has 5 heteroatoms. The molecule has 0 unspecified atom stereocenters. The maximum absolute atomic E-state index is 11.1. The largest absolute Gasteiger partial charge is 0.394 e. The Bertz CT molecular complexity index is 547. The van der Waals surface area contributed by atoms with Crippen molar-refractivity contribution >= 4 is 5.69 Å². The number of hydrogen-bond donors (Lipinski definition) is 2. The number of pyridine rings is 1. The molecule has 76 valence electrons. The van der Waals surface area contributed by atoms with E-state index in [9.17, 15) is 4.79 Å². The number of rotatable bonds is 1. The average molecular weight is 202 g/mol. The summed E-state index contributed by atoms with van der Waals surface area (Å²) in [5.74, 6) is 0. The number of nitrogens with two attached hydrogens (primary N) is 1. The minimum absolute atomic E-state index is 0.178. The van der Waals surface area contributed by atoms with Gasteiger partial charge in [-0.05, 0) is 24.6 Å². The van der Waals surface area contributed by atoms with E-state index in [4.69, 9.17) is 5.73 Å². The molecule has 0 aliphatic carbocycles. The highest BCUT2D eigenvalue weighted by molar-refractivity contribution is 5.64. The number of anilines is 1. The molecule has 2 aromatic rings. The topological polar surface area (TPSA) is 84.7 Å². The monoisotopic (exact) mass is 202 g/mol. The molecule has 0 radical (unpaired) electrons. The van der Waals surface area contributed by atoms with Crippen molar-refractivity contribution in [1.29, 1.82) is 0 Å². The second-order valence-corrected chi connectivity index (χ2v) is 3.24. The van der Waals surface area contributed by atoms with Crippen molar-refractivity contribution in [3.63, 3.8) is 0 Å². The summed E-state index contributed by atoms with van der Waals surface area (Å²) in [5, 5.41) is 7.78. The molecule has 0 saturated carbocycles. The lowest BCUT2D eigenvalue weighted by atomic mass is 10.1. The molecule has 2 rings (SSSR count). The molecular weight excluding hydrogens is 192 g/mol. The maximum Gasteiger partial charge on any atom is 0.271 e. The van der Waals surface area contributed by atoms with Crippen molar-refractivity contribution in [1.82, 2.24) is 15.2 Å². The van der Waals surface area contributed by atoms with E-state index in [0.29, 0.717) is 0 Å². The quantitative estimate of drug-likeness (QED) is 0.713. The van der Waals surface area contributed by atoms with Crippen LogP contribution in [0.3, 0.4) is 0 Å². The predicted molar refractivity (Wildman–Crippen MR) is 57.2 cm³/mol. The van der Waals surface area contributed by atoms with Gasteiger partial charge in [-0.15, -0.1) is 0 Å². The number of aromatic amines is 1. The summed E-state index contributed by atoms with van der Waals surface area (Å²) >= 11 is 0. The van der Waals surface area contributed by atoms with Crippen LogP contribution in [0, 0.1) is 6.92 Å². The fraction of sp³-hybridized carbons (Fsp3) is 0.100. The van der Waals surface area contributed by atoms with E-state index in [-0.39, 0.29) is 11.2 Å². The first kappa shape index (κ1) is 9.39. The fourth-order valence-corrected chi connectivity index (χ4v) is 1.32. The summed E-state index contributed by atoms with van der Waals surface area (Å²) in [7, 11) is 0. The third kappa shape index (κ3) is 1.71. The van der Waals surface area contributed by atoms with Crippen molar-refractivity contribution in [2.75, 3.05) is 5.73 Å². The van der Waals surface area contributed by atoms with Gasteiger partial charge >= 0.3 is 0 Å². The van der Waals surface area contributed by atoms with E-state index in [0.717, 1.165) is 16.8 Å². The number of aromatic nitrogens is 3. The molecule has 2 aromatic heterocycles. The smallest absolute Gasteiger partial charge is 0.271 e. The highest BCUT2D eigenvalue weighted by Crippen LogP contribution is 2.18. The standard InChI is InChI=1S/C10H10N4O/c1-6-2-3-13-14-9(6)7-4-8(11)10(15)12-5-7/h2-5H,11H2,1H3,(H,12,15). The van der Waals surface area contributed by atoms with Gasteiger partial charge in [0.1, 0.15) is 0 Å². The van der Waals surface area contributed by atoms with Crippen LogP contribution in [0.1, 0.15) is 5.56 Å². The first-order valence-electron chi connectivity index (χ1n) is 4.45. The molecule has 0 aliphatic rings. The summed E-state index contributed by atoms with van der Waals surface area (Å²) in [6.07, 6.45) is 3.20. The third-order valence-corrected chi connectivity index (χ3v) is 2.13. The van der Waals surface area contributed by atoms with Crippen LogP contribution >= 0.6 is 0 Å². The molecule has 0 aliphatic heterocycles. The average Bonchev–Trinajstić information content (AvgIpc) is 2.23. The van der Waals surface area contributed by atoms with E-state index in [1.165, 1.54) is 0 Å². The molecule has 3 N–H and O–H groups in total. The zero-order valence-electron chi connectivity index (χ0n) is 8.19. The summed E-state index contributed by atoms with van der Waals surface area (Å²) in [5.41, 5.74) is 7.87. The van der Waals surface area contributed by atoms with Crippen LogP contribution in [-0.4, -0.2) is 15.2 Å². The Kier molecular flexibility index (Phi) is 2.21. The van der Waals surface area contributed by atoms with Gasteiger partial charge in [0.15, 0.2) is 0 Å². The Morgan fingerprint density at radius 3 is 2.93 bits per heavy atom. The molecule has 0 saturated heterocycles. The Balaban J connectivity index is 2.60. The lowest BCUT2D eigenvalue weighted by Crippen LogP contribution is -2.10. The number of aryl methyl sites for hydroxylation is 1. The minimum atomic E-state index is -0.291. The van der Waals surface area contributed by atoms with Crippen LogP contribution < -0.4 is 11.3 Å². The normalized spacial score (nSPS) is 10.2. The summed E-state index contributed by atoms with van der Waals surface area (Å²) in [6, 6.07) is 3.44. The van der Waals surface area contributed by atoms with Crippen LogP contribution in [0.25, 0.3) is 11.3 Å². The lowest BCUT2D eigenvalue weighted by molar-refractivity contribution is 1.02. The van der Waals surface area contributed by atoms with E-state index in [1.807, 2.05) is 13.0 Å². The van der Waals surface area contributed by atoms with Gasteiger partial charge in [-0.25, -0.2) is 0 Å². The second kappa shape index (κ2) is 3.53. The molecule has 0 spiro atoms. The van der Waals surface area contributed by atoms with E-state index >= 15 is 0 Å². The van der Waals surface area contributed by atoms with Gasteiger partial charge in [-0.2, -0.15) is 10.2 Å². The van der Waals surface area contributed by atoms with E-state index < -0.39 is 0 Å². The fourth-order valence-electron chi connectivity index (χ4n) is 1.32. The molecule has 2 heterocycles. The van der Waals surface area contributed by atoms with Crippen molar-refractivity contribution in [3.8, 4) is 11.3 Å². The molecule has 0 bridgehead atoms. The first-order valence-corrected chi connectivity index (χ1v) is 4.45. The van der Waals surface area contributed by atoms with Crippen molar-refractivity contribution < 1.29 is 0 Å². The van der Waals surface area contributed by atoms with Gasteiger partial charge in [0.05, 0.1) is 11.4 Å². The van der Waals surface area contributed by atoms with Gasteiger partial charge in [0, 0.05) is 18.0 Å². The van der Waals surface area contributed by atoms with Gasteiger partial charge in [0.2, 0.25) is 0 Å². The minimum Gasteiger partial charge on any atom is -0.394 e. The molecule has 0 aromatic carbocycles. The number of nitrogen functional groups attached to an aromatic ring is 1. The van der Waals surface area contributed by atoms with Gasteiger partial charge in [-0.1, -0.05) is 0 Å². The summed E-state index contributed by atoms with van der Waals surface area (Å²) in [6.45, 7) is 1.92. The van der Waals surface area contributed by atoms with Crippen LogP contribution in [0.5, 0.6) is 0 Å². The first-order chi connectivity index (χ1) is 7.18. The highest BCUT2D eigenvalue weighted by Gasteiger charge is 2.05. The Morgan fingerprint density at radius 2 is 2.27 bits per heavy atom. The van der Waals surface area contributed by atoms with Gasteiger partial charge in [-0.3, -0.25) is 4.79 Å². The predicted octanol–water partition coefficient (Wildman–Crippen LogP) is 0.723. The van der Waals surface area contributed by atoms with Crippen molar-refractivity contribution in [2.45, 2.75) is 6.92 Å². The van der Waals surface area contributed by atoms with Crippen molar-refractivity contribution in [2.24, 2.45) is 0 Å². The number of nitrogens with one attached hydrogen (secondary N) is 1. The maximum atomic E-state index is 11.1. The zero-order chi connectivity index (χ0) is 10.8. The summed E-state index contributed by atoms with van der Waals surface area (Å²) in [4.78, 5) is 13.6. The van der Waals surface area contributed by atoms with E-state index in [2.05, 4.69) is 15.2 Å². The Hall–Kier alpha value is -2.17. The molecule has 5 nitrogen and oxygen atoms in total. The van der Waals surface area contributed by atoms with Crippen LogP contribution in [0.2, 0.25) is 0 Å². The molecule has 0 atom stereocenters. The van der Waals surface area contributed by atoms with Crippen LogP contribution in [0.4, 0.5) is 5.69 Å². The zero-order valence-corrected chi connectivity index (χ0v) is 8.19. The molecule has 0 amide bonds. The Morgan fingerprint density at radius 1 is 1.47 bits per heavy atom. The Labute approximate surface area is 86.0 Å². The SMILES string of the molecule is Cc1ccnnc1-c1c[nH]c(=O)c(N)c1. The third-order valence-electron chi connectivity index (χ3n) is 2.13. The van der Waals surface area contributed by atoms with Crippen LogP contribution in [0.15, 0.2) is 29.3 Å². The summed E-state index contributed by atoms with van der Waals surface area (Å²) < 4.78 is 0. The lowest BCUT2D eigenvalue weighted by Gasteiger charge is -2.03. The number of H-pyrrole nitrogens is 1. The molecular formula is C10H10N4O. The van der Waals surface area contributed by atoms with Crippen molar-refractivity contribution in [3.05, 3.63) is 40.4 Å². The van der Waals surface area contributed by atoms with Crippen LogP contribution in [-0.2, 0) is 0 Å². The molecule has 15 heavy (non-hydrogen) atoms. The number of nitrogens with zero attached hydrogens (tertiary/aromatic N) is 2. The molecule has 0 fully saturated rings. The number of hydrogen-bond acceptors (Lipinski definition) is 4. The van der Waals surface area contributed by atoms with Gasteiger partial charge in [0.25, 0.3) is 5.56 Å². The van der Waals surface area contributed by atoms with E-state index in [1.54, 1.807) is 18.5 Å². The highest BCUT2D eigenvalue weighted by atomic mass is 16.1. The second-order valence-electron chi connectivity index (χ2n) is 3.24.